The lowest BCUT2D eigenvalue weighted by Crippen LogP contribution is -2.27. The van der Waals surface area contributed by atoms with Gasteiger partial charge in [-0.3, -0.25) is 9.36 Å². The molecule has 0 saturated heterocycles. The molecule has 1 fully saturated rings. The summed E-state index contributed by atoms with van der Waals surface area (Å²) in [6, 6.07) is 3.27. The summed E-state index contributed by atoms with van der Waals surface area (Å²) < 4.78 is 12.6. The highest BCUT2D eigenvalue weighted by molar-refractivity contribution is 6.41. The number of hydrogen-bond donors (Lipinski definition) is 1. The van der Waals surface area contributed by atoms with Gasteiger partial charge in [-0.1, -0.05) is 49.9 Å². The van der Waals surface area contributed by atoms with Crippen molar-refractivity contribution < 1.29 is 9.47 Å². The summed E-state index contributed by atoms with van der Waals surface area (Å²) in [5.41, 5.74) is 1.43. The van der Waals surface area contributed by atoms with Gasteiger partial charge in [-0.25, -0.2) is 0 Å². The predicted octanol–water partition coefficient (Wildman–Crippen LogP) is 5.83. The Bertz CT molecular complexity index is 1290. The Kier molecular flexibility index (Phi) is 9.68. The molecule has 0 amide bonds. The van der Waals surface area contributed by atoms with Gasteiger partial charge in [0.2, 0.25) is 5.95 Å². The molecule has 0 radical (unpaired) electrons. The average Bonchev–Trinajstić information content (AvgIpc) is 3.46. The number of pyridine rings is 1. The second-order valence-electron chi connectivity index (χ2n) is 9.46. The molecule has 1 N–H and O–H groups in total. The zero-order chi connectivity index (χ0) is 27.2. The van der Waals surface area contributed by atoms with Crippen LogP contribution in [0.15, 0.2) is 16.9 Å². The van der Waals surface area contributed by atoms with E-state index in [1.807, 2.05) is 0 Å². The van der Waals surface area contributed by atoms with Crippen molar-refractivity contribution in [3.05, 3.63) is 32.5 Å². The van der Waals surface area contributed by atoms with Crippen LogP contribution in [-0.2, 0) is 0 Å². The Morgan fingerprint density at radius 1 is 1.03 bits per heavy atom. The number of hydrogen-bond acceptors (Lipinski definition) is 8. The first-order valence-electron chi connectivity index (χ1n) is 13.3. The van der Waals surface area contributed by atoms with Gasteiger partial charge in [-0.15, -0.1) is 10.2 Å². The molecule has 0 spiro atoms. The van der Waals surface area contributed by atoms with Crippen LogP contribution in [0.4, 0.5) is 5.95 Å². The van der Waals surface area contributed by atoms with Crippen molar-refractivity contribution in [2.75, 3.05) is 45.7 Å². The molecular formula is C27H36Cl2N6O3. The minimum absolute atomic E-state index is 0.00799. The van der Waals surface area contributed by atoms with Crippen molar-refractivity contribution in [2.24, 2.45) is 0 Å². The van der Waals surface area contributed by atoms with E-state index in [0.29, 0.717) is 39.7 Å². The Labute approximate surface area is 233 Å². The molecule has 0 atom stereocenters. The van der Waals surface area contributed by atoms with Crippen molar-refractivity contribution >= 4 is 40.3 Å². The fraction of sp³-hybridized carbons (Fsp3) is 0.556. The van der Waals surface area contributed by atoms with Crippen molar-refractivity contribution in [2.45, 2.75) is 58.4 Å². The molecule has 3 aromatic rings. The van der Waals surface area contributed by atoms with Crippen molar-refractivity contribution in [1.29, 1.82) is 0 Å². The number of nitrogens with one attached hydrogen (secondary N) is 1. The summed E-state index contributed by atoms with van der Waals surface area (Å²) in [6.45, 7) is 8.27. The Balaban J connectivity index is 1.73. The van der Waals surface area contributed by atoms with E-state index < -0.39 is 0 Å². The lowest BCUT2D eigenvalue weighted by molar-refractivity contribution is 0.298. The zero-order valence-corrected chi connectivity index (χ0v) is 24.0. The maximum atomic E-state index is 14.1. The van der Waals surface area contributed by atoms with Crippen LogP contribution in [0.3, 0.4) is 0 Å². The number of benzene rings is 1. The van der Waals surface area contributed by atoms with E-state index in [1.54, 1.807) is 16.7 Å². The van der Waals surface area contributed by atoms with Crippen LogP contribution in [0.1, 0.15) is 58.4 Å². The van der Waals surface area contributed by atoms with Gasteiger partial charge in [0.1, 0.15) is 17.0 Å². The summed E-state index contributed by atoms with van der Waals surface area (Å²) in [5.74, 6) is 1.14. The summed E-state index contributed by atoms with van der Waals surface area (Å²) in [7, 11) is 3.01. The first-order chi connectivity index (χ1) is 18.4. The third-order valence-electron chi connectivity index (χ3n) is 7.26. The second kappa shape index (κ2) is 13.0. The van der Waals surface area contributed by atoms with E-state index >= 15 is 0 Å². The maximum Gasteiger partial charge on any atom is 0.260 e. The molecule has 9 nitrogen and oxygen atoms in total. The number of rotatable bonds is 12. The number of ether oxygens (including phenoxy) is 2. The number of fused-ring (bicyclic) bond motifs is 1. The lowest BCUT2D eigenvalue weighted by atomic mass is 10.0. The quantitative estimate of drug-likeness (QED) is 0.275. The molecule has 0 bridgehead atoms. The smallest absolute Gasteiger partial charge is 0.260 e. The van der Waals surface area contributed by atoms with E-state index in [-0.39, 0.29) is 21.6 Å². The number of halogens is 2. The summed E-state index contributed by atoms with van der Waals surface area (Å²) in [5, 5.41) is 12.5. The van der Waals surface area contributed by atoms with Gasteiger partial charge in [-0.05, 0) is 51.4 Å². The first kappa shape index (κ1) is 28.4. The monoisotopic (exact) mass is 562 g/mol. The fourth-order valence-corrected chi connectivity index (χ4v) is 5.80. The van der Waals surface area contributed by atoms with Crippen LogP contribution in [0.25, 0.3) is 22.3 Å². The number of aromatic nitrogens is 4. The normalized spacial score (nSPS) is 14.0. The SMILES string of the molecule is CCN(CC)CCCCNc1nnc2cc(-c3c(Cl)c(OC)cc(OC)c3Cl)c(=O)n(C3CCCC3)c2n1. The topological polar surface area (TPSA) is 94.4 Å². The van der Waals surface area contributed by atoms with Gasteiger partial charge in [0.25, 0.3) is 5.56 Å². The molecule has 11 heteroatoms. The molecule has 1 aromatic carbocycles. The van der Waals surface area contributed by atoms with E-state index in [4.69, 9.17) is 37.7 Å². The number of anilines is 1. The Hall–Kier alpha value is -2.62. The van der Waals surface area contributed by atoms with E-state index in [1.165, 1.54) is 14.2 Å². The van der Waals surface area contributed by atoms with Crippen LogP contribution in [0, 0.1) is 0 Å². The minimum Gasteiger partial charge on any atom is -0.495 e. The molecule has 206 valence electrons. The molecule has 2 aromatic heterocycles. The van der Waals surface area contributed by atoms with E-state index in [9.17, 15) is 4.79 Å². The second-order valence-corrected chi connectivity index (χ2v) is 10.2. The Morgan fingerprint density at radius 2 is 1.68 bits per heavy atom. The van der Waals surface area contributed by atoms with Crippen LogP contribution < -0.4 is 20.3 Å². The lowest BCUT2D eigenvalue weighted by Gasteiger charge is -2.20. The third kappa shape index (κ3) is 5.84. The minimum atomic E-state index is -0.228. The van der Waals surface area contributed by atoms with Gasteiger partial charge in [0.15, 0.2) is 5.65 Å². The van der Waals surface area contributed by atoms with Gasteiger partial charge in [0.05, 0.1) is 29.8 Å². The van der Waals surface area contributed by atoms with E-state index in [2.05, 4.69) is 34.3 Å². The van der Waals surface area contributed by atoms with Crippen molar-refractivity contribution in [3.63, 3.8) is 0 Å². The largest absolute Gasteiger partial charge is 0.495 e. The summed E-state index contributed by atoms with van der Waals surface area (Å²) >= 11 is 13.4. The predicted molar refractivity (Wildman–Crippen MR) is 153 cm³/mol. The standard InChI is InChI=1S/C27H36Cl2N6O3/c1-5-34(6-2)14-10-9-13-30-27-31-25-19(32-33-27)15-18(26(36)35(25)17-11-7-8-12-17)22-23(28)20(37-3)16-21(38-4)24(22)29/h15-17H,5-14H2,1-4H3,(H,30,31,33). The summed E-state index contributed by atoms with van der Waals surface area (Å²) in [4.78, 5) is 21.2. The molecule has 38 heavy (non-hydrogen) atoms. The first-order valence-corrected chi connectivity index (χ1v) is 14.1. The van der Waals surface area contributed by atoms with E-state index in [0.717, 1.165) is 64.7 Å². The van der Waals surface area contributed by atoms with Crippen LogP contribution >= 0.6 is 23.2 Å². The zero-order valence-electron chi connectivity index (χ0n) is 22.5. The van der Waals surface area contributed by atoms with Crippen LogP contribution in [-0.4, -0.2) is 65.0 Å². The number of methoxy groups -OCH3 is 2. The maximum absolute atomic E-state index is 14.1. The molecule has 1 saturated carbocycles. The van der Waals surface area contributed by atoms with Crippen LogP contribution in [0.2, 0.25) is 10.0 Å². The molecule has 4 rings (SSSR count). The third-order valence-corrected chi connectivity index (χ3v) is 8.01. The molecule has 2 heterocycles. The molecule has 0 aliphatic heterocycles. The Morgan fingerprint density at radius 3 is 2.29 bits per heavy atom. The average molecular weight is 564 g/mol. The molecular weight excluding hydrogens is 527 g/mol. The highest BCUT2D eigenvalue weighted by Crippen LogP contribution is 2.45. The molecule has 0 unspecified atom stereocenters. The van der Waals surface area contributed by atoms with Gasteiger partial charge >= 0.3 is 0 Å². The van der Waals surface area contributed by atoms with Crippen molar-refractivity contribution in [3.8, 4) is 22.6 Å². The molecule has 1 aliphatic carbocycles. The van der Waals surface area contributed by atoms with Gasteiger partial charge in [0, 0.05) is 24.2 Å². The van der Waals surface area contributed by atoms with Gasteiger partial charge in [-0.2, -0.15) is 4.98 Å². The van der Waals surface area contributed by atoms with Crippen molar-refractivity contribution in [1.82, 2.24) is 24.6 Å². The number of nitrogens with zero attached hydrogens (tertiary/aromatic N) is 5. The van der Waals surface area contributed by atoms with Gasteiger partial charge < -0.3 is 19.7 Å². The van der Waals surface area contributed by atoms with Crippen LogP contribution in [0.5, 0.6) is 11.5 Å². The highest BCUT2D eigenvalue weighted by atomic mass is 35.5. The number of unbranched alkanes of at least 4 members (excludes halogenated alkanes) is 1. The summed E-state index contributed by atoms with van der Waals surface area (Å²) in [6.07, 6.45) is 5.94. The fourth-order valence-electron chi connectivity index (χ4n) is 5.10. The molecule has 1 aliphatic rings. The highest BCUT2D eigenvalue weighted by Gasteiger charge is 2.27.